The topological polar surface area (TPSA) is 78.9 Å². The minimum absolute atomic E-state index is 0.0673. The highest BCUT2D eigenvalue weighted by molar-refractivity contribution is 5.71. The van der Waals surface area contributed by atoms with Gasteiger partial charge < -0.3 is 14.2 Å². The molecule has 0 aromatic carbocycles. The van der Waals surface area contributed by atoms with Crippen LogP contribution in [0.15, 0.2) is 48.6 Å². The maximum atomic E-state index is 12.9. The molecule has 0 aliphatic rings. The lowest BCUT2D eigenvalue weighted by atomic mass is 10.0. The Morgan fingerprint density at radius 1 is 0.269 bits per heavy atom. The van der Waals surface area contributed by atoms with Crippen molar-refractivity contribution >= 4 is 17.9 Å². The number of unbranched alkanes of at least 4 members (excludes halogenated alkanes) is 45. The number of carbonyl (C=O) groups is 3. The molecule has 0 aromatic heterocycles. The summed E-state index contributed by atoms with van der Waals surface area (Å²) in [5.41, 5.74) is 0. The smallest absolute Gasteiger partial charge is 0.306 e. The highest BCUT2D eigenvalue weighted by Crippen LogP contribution is 2.18. The van der Waals surface area contributed by atoms with E-state index in [1.807, 2.05) is 0 Å². The summed E-state index contributed by atoms with van der Waals surface area (Å²) in [6.45, 7) is 6.59. The molecule has 0 radical (unpaired) electrons. The van der Waals surface area contributed by atoms with Gasteiger partial charge in [-0.25, -0.2) is 0 Å². The van der Waals surface area contributed by atoms with Crippen LogP contribution in [0.5, 0.6) is 0 Å². The van der Waals surface area contributed by atoms with Crippen molar-refractivity contribution in [1.82, 2.24) is 0 Å². The molecule has 0 N–H and O–H groups in total. The molecule has 0 rings (SSSR count). The molecule has 0 spiro atoms. The molecule has 6 heteroatoms. The summed E-state index contributed by atoms with van der Waals surface area (Å²) in [6, 6.07) is 0. The lowest BCUT2D eigenvalue weighted by Gasteiger charge is -2.18. The fraction of sp³-hybridized carbons (Fsp3) is 0.847. The van der Waals surface area contributed by atoms with Gasteiger partial charge in [0.1, 0.15) is 13.2 Å². The fourth-order valence-electron chi connectivity index (χ4n) is 10.4. The maximum Gasteiger partial charge on any atom is 0.306 e. The van der Waals surface area contributed by atoms with E-state index < -0.39 is 6.10 Å². The van der Waals surface area contributed by atoms with Crippen LogP contribution >= 0.6 is 0 Å². The van der Waals surface area contributed by atoms with E-state index in [9.17, 15) is 14.4 Å². The SMILES string of the molecule is CC/C=C\C/C=C\C/C=C\C/C=C\CCCCCCCCCCCCCCC(=O)OCC(COC(=O)CCCCCCCCCCCCCC)OC(=O)CCCCCCCCCCCCCCCCCCCCCCCCC. The Bertz CT molecular complexity index is 1350. The van der Waals surface area contributed by atoms with E-state index in [0.717, 1.165) is 83.5 Å². The molecule has 0 saturated heterocycles. The van der Waals surface area contributed by atoms with Gasteiger partial charge in [-0.15, -0.1) is 0 Å². The quantitative estimate of drug-likeness (QED) is 0.0261. The Hall–Kier alpha value is -2.63. The molecule has 1 atom stereocenters. The van der Waals surface area contributed by atoms with E-state index in [2.05, 4.69) is 69.4 Å². The highest BCUT2D eigenvalue weighted by atomic mass is 16.6. The largest absolute Gasteiger partial charge is 0.462 e. The summed E-state index contributed by atoms with van der Waals surface area (Å²) in [5, 5.41) is 0. The van der Waals surface area contributed by atoms with E-state index in [1.165, 1.54) is 250 Å². The first-order chi connectivity index (χ1) is 38.5. The van der Waals surface area contributed by atoms with Gasteiger partial charge in [-0.2, -0.15) is 0 Å². The van der Waals surface area contributed by atoms with Gasteiger partial charge in [0.15, 0.2) is 6.10 Å². The van der Waals surface area contributed by atoms with Crippen LogP contribution < -0.4 is 0 Å². The third-order valence-electron chi connectivity index (χ3n) is 15.6. The van der Waals surface area contributed by atoms with Gasteiger partial charge in [0.05, 0.1) is 0 Å². The summed E-state index contributed by atoms with van der Waals surface area (Å²) < 4.78 is 17.0. The normalized spacial score (nSPS) is 12.3. The second-order valence-electron chi connectivity index (χ2n) is 23.4. The van der Waals surface area contributed by atoms with Crippen molar-refractivity contribution in [2.75, 3.05) is 13.2 Å². The second-order valence-corrected chi connectivity index (χ2v) is 23.4. The number of hydrogen-bond donors (Lipinski definition) is 0. The molecule has 78 heavy (non-hydrogen) atoms. The monoisotopic (exact) mass is 1090 g/mol. The van der Waals surface area contributed by atoms with E-state index in [4.69, 9.17) is 14.2 Å². The number of allylic oxidation sites excluding steroid dienone is 8. The molecule has 1 unspecified atom stereocenters. The minimum Gasteiger partial charge on any atom is -0.462 e. The van der Waals surface area contributed by atoms with Crippen molar-refractivity contribution in [3.63, 3.8) is 0 Å². The van der Waals surface area contributed by atoms with Crippen molar-refractivity contribution in [2.24, 2.45) is 0 Å². The molecule has 456 valence electrons. The van der Waals surface area contributed by atoms with E-state index in [0.29, 0.717) is 19.3 Å². The molecule has 0 saturated carbocycles. The van der Waals surface area contributed by atoms with Gasteiger partial charge in [-0.05, 0) is 57.8 Å². The predicted octanol–water partition coefficient (Wildman–Crippen LogP) is 23.7. The third kappa shape index (κ3) is 64.2. The van der Waals surface area contributed by atoms with Crippen LogP contribution in [0.3, 0.4) is 0 Å². The molecule has 0 aliphatic heterocycles. The van der Waals surface area contributed by atoms with E-state index in [-0.39, 0.29) is 31.1 Å². The first-order valence-electron chi connectivity index (χ1n) is 34.6. The van der Waals surface area contributed by atoms with Crippen LogP contribution in [0.4, 0.5) is 0 Å². The van der Waals surface area contributed by atoms with Gasteiger partial charge in [-0.1, -0.05) is 345 Å². The Morgan fingerprint density at radius 2 is 0.500 bits per heavy atom. The van der Waals surface area contributed by atoms with Crippen LogP contribution in [0.1, 0.15) is 374 Å². The van der Waals surface area contributed by atoms with Gasteiger partial charge >= 0.3 is 17.9 Å². The first-order valence-corrected chi connectivity index (χ1v) is 34.6. The lowest BCUT2D eigenvalue weighted by Crippen LogP contribution is -2.30. The van der Waals surface area contributed by atoms with Gasteiger partial charge in [0, 0.05) is 19.3 Å². The highest BCUT2D eigenvalue weighted by Gasteiger charge is 2.19. The standard InChI is InChI=1S/C72H132O6/c1-4-7-10-13-16-19-22-25-27-29-31-33-35-36-38-39-41-43-45-47-50-53-56-59-62-65-71(74)77-68-69(67-76-70(73)64-61-58-55-52-49-24-21-18-15-12-9-6-3)78-72(75)66-63-60-57-54-51-48-46-44-42-40-37-34-32-30-28-26-23-20-17-14-11-8-5-2/h7,10,16,19,25,27,31,33,69H,4-6,8-9,11-15,17-18,20-24,26,28-30,32,34-68H2,1-3H3/b10-7-,19-16-,27-25-,33-31-. The number of rotatable bonds is 64. The predicted molar refractivity (Wildman–Crippen MR) is 339 cm³/mol. The van der Waals surface area contributed by atoms with Gasteiger partial charge in [0.25, 0.3) is 0 Å². The van der Waals surface area contributed by atoms with Crippen LogP contribution in [0.25, 0.3) is 0 Å². The molecule has 0 aliphatic carbocycles. The molecular weight excluding hydrogens is 961 g/mol. The molecule has 0 fully saturated rings. The first kappa shape index (κ1) is 75.4. The summed E-state index contributed by atoms with van der Waals surface area (Å²) in [7, 11) is 0. The average Bonchev–Trinajstić information content (AvgIpc) is 3.44. The number of ether oxygens (including phenoxy) is 3. The molecule has 0 amide bonds. The zero-order valence-electron chi connectivity index (χ0n) is 52.5. The zero-order valence-corrected chi connectivity index (χ0v) is 52.5. The van der Waals surface area contributed by atoms with Crippen molar-refractivity contribution in [3.05, 3.63) is 48.6 Å². The Balaban J connectivity index is 4.22. The maximum absolute atomic E-state index is 12.9. The summed E-state index contributed by atoms with van der Waals surface area (Å²) in [6.07, 6.45) is 84.2. The second kappa shape index (κ2) is 66.9. The van der Waals surface area contributed by atoms with Gasteiger partial charge in [-0.3, -0.25) is 14.4 Å². The third-order valence-corrected chi connectivity index (χ3v) is 15.6. The van der Waals surface area contributed by atoms with Crippen LogP contribution in [-0.2, 0) is 28.6 Å². The lowest BCUT2D eigenvalue weighted by molar-refractivity contribution is -0.167. The molecule has 0 bridgehead atoms. The van der Waals surface area contributed by atoms with Crippen molar-refractivity contribution in [3.8, 4) is 0 Å². The van der Waals surface area contributed by atoms with Gasteiger partial charge in [0.2, 0.25) is 0 Å². The van der Waals surface area contributed by atoms with Crippen LogP contribution in [0, 0.1) is 0 Å². The molecule has 6 nitrogen and oxygen atoms in total. The minimum atomic E-state index is -0.770. The van der Waals surface area contributed by atoms with E-state index in [1.54, 1.807) is 0 Å². The number of carbonyl (C=O) groups excluding carboxylic acids is 3. The average molecular weight is 1090 g/mol. The Labute approximate surface area is 486 Å². The van der Waals surface area contributed by atoms with Crippen LogP contribution in [-0.4, -0.2) is 37.2 Å². The Morgan fingerprint density at radius 3 is 0.782 bits per heavy atom. The van der Waals surface area contributed by atoms with E-state index >= 15 is 0 Å². The molecule has 0 heterocycles. The summed E-state index contributed by atoms with van der Waals surface area (Å²) in [4.78, 5) is 38.4. The Kier molecular flexibility index (Phi) is 64.6. The van der Waals surface area contributed by atoms with Crippen molar-refractivity contribution in [1.29, 1.82) is 0 Å². The van der Waals surface area contributed by atoms with Crippen LogP contribution in [0.2, 0.25) is 0 Å². The fourth-order valence-corrected chi connectivity index (χ4v) is 10.4. The summed E-state index contributed by atoms with van der Waals surface area (Å²) in [5.74, 6) is -0.842. The molecular formula is C72H132O6. The number of esters is 3. The summed E-state index contributed by atoms with van der Waals surface area (Å²) >= 11 is 0. The van der Waals surface area contributed by atoms with Crippen molar-refractivity contribution < 1.29 is 28.6 Å². The molecule has 0 aromatic rings. The van der Waals surface area contributed by atoms with Crippen molar-refractivity contribution in [2.45, 2.75) is 380 Å². The zero-order chi connectivity index (χ0) is 56.4. The number of hydrogen-bond acceptors (Lipinski definition) is 6.